The molecular weight excluding hydrogens is 118 g/mol. The quantitative estimate of drug-likeness (QED) is 0.203. The van der Waals surface area contributed by atoms with Gasteiger partial charge in [0.05, 0.1) is 5.54 Å². The van der Waals surface area contributed by atoms with Gasteiger partial charge >= 0.3 is 0 Å². The second-order valence-corrected chi connectivity index (χ2v) is 2.32. The lowest BCUT2D eigenvalue weighted by Gasteiger charge is -2.09. The van der Waals surface area contributed by atoms with Gasteiger partial charge in [-0.3, -0.25) is 0 Å². The normalized spacial score (nSPS) is 23.9. The number of oxime groups is 1. The number of amidine groups is 1. The Morgan fingerprint density at radius 1 is 1.78 bits per heavy atom. The van der Waals surface area contributed by atoms with Crippen molar-refractivity contribution in [2.45, 2.75) is 18.4 Å². The number of rotatable bonds is 2. The summed E-state index contributed by atoms with van der Waals surface area (Å²) in [5.74, 6) is 0.296. The largest absolute Gasteiger partial charge is 0.409 e. The van der Waals surface area contributed by atoms with Crippen molar-refractivity contribution < 1.29 is 5.21 Å². The van der Waals surface area contributed by atoms with Crippen LogP contribution in [0.2, 0.25) is 0 Å². The van der Waals surface area contributed by atoms with E-state index in [9.17, 15) is 0 Å². The molecule has 0 spiro atoms. The number of nitrogens with zero attached hydrogens (tertiary/aromatic N) is 1. The molecule has 4 N–H and O–H groups in total. The third-order valence-electron chi connectivity index (χ3n) is 1.83. The first kappa shape index (κ1) is 6.35. The molecule has 52 valence electrons. The zero-order chi connectivity index (χ0) is 6.91. The highest BCUT2D eigenvalue weighted by atomic mass is 16.4. The van der Waals surface area contributed by atoms with Crippen molar-refractivity contribution in [2.24, 2.45) is 10.9 Å². The van der Waals surface area contributed by atoms with Gasteiger partial charge in [0.15, 0.2) is 5.84 Å². The van der Waals surface area contributed by atoms with Crippen LogP contribution in [0, 0.1) is 0 Å². The summed E-state index contributed by atoms with van der Waals surface area (Å²) in [6.07, 6.45) is 1.94. The standard InChI is InChI=1S/C5H11N3O/c1-7-5(2-3-5)4(6)8-9/h7,9H,2-3H2,1H3,(H2,6,8). The van der Waals surface area contributed by atoms with Crippen LogP contribution in [-0.4, -0.2) is 23.6 Å². The topological polar surface area (TPSA) is 70.6 Å². The van der Waals surface area contributed by atoms with Crippen molar-refractivity contribution in [1.82, 2.24) is 5.32 Å². The van der Waals surface area contributed by atoms with Crippen LogP contribution in [0.1, 0.15) is 12.8 Å². The lowest BCUT2D eigenvalue weighted by atomic mass is 10.2. The highest BCUT2D eigenvalue weighted by molar-refractivity contribution is 5.92. The van der Waals surface area contributed by atoms with E-state index < -0.39 is 0 Å². The lowest BCUT2D eigenvalue weighted by molar-refractivity contribution is 0.314. The van der Waals surface area contributed by atoms with E-state index in [0.717, 1.165) is 12.8 Å². The molecule has 1 aliphatic carbocycles. The van der Waals surface area contributed by atoms with E-state index in [0.29, 0.717) is 5.84 Å². The summed E-state index contributed by atoms with van der Waals surface area (Å²) in [7, 11) is 1.81. The molecule has 4 heteroatoms. The van der Waals surface area contributed by atoms with E-state index in [1.165, 1.54) is 0 Å². The summed E-state index contributed by atoms with van der Waals surface area (Å²) < 4.78 is 0. The van der Waals surface area contributed by atoms with Gasteiger partial charge in [-0.15, -0.1) is 0 Å². The molecule has 0 amide bonds. The predicted molar refractivity (Wildman–Crippen MR) is 34.4 cm³/mol. The first-order valence-electron chi connectivity index (χ1n) is 2.92. The van der Waals surface area contributed by atoms with Crippen LogP contribution >= 0.6 is 0 Å². The molecule has 1 rings (SSSR count). The van der Waals surface area contributed by atoms with E-state index in [-0.39, 0.29) is 5.54 Å². The Morgan fingerprint density at radius 2 is 2.33 bits per heavy atom. The zero-order valence-corrected chi connectivity index (χ0v) is 5.39. The molecule has 9 heavy (non-hydrogen) atoms. The minimum atomic E-state index is -0.172. The second kappa shape index (κ2) is 1.88. The van der Waals surface area contributed by atoms with Crippen molar-refractivity contribution in [1.29, 1.82) is 0 Å². The minimum absolute atomic E-state index is 0.172. The summed E-state index contributed by atoms with van der Waals surface area (Å²) in [5.41, 5.74) is 5.19. The molecule has 1 aliphatic rings. The number of nitrogens with two attached hydrogens (primary N) is 1. The molecule has 0 unspecified atom stereocenters. The fraction of sp³-hybridized carbons (Fsp3) is 0.800. The molecule has 1 saturated carbocycles. The van der Waals surface area contributed by atoms with Crippen LogP contribution in [0.3, 0.4) is 0 Å². The van der Waals surface area contributed by atoms with Gasteiger partial charge in [-0.05, 0) is 19.9 Å². The van der Waals surface area contributed by atoms with E-state index in [4.69, 9.17) is 10.9 Å². The molecule has 0 aromatic heterocycles. The van der Waals surface area contributed by atoms with Gasteiger partial charge in [0, 0.05) is 0 Å². The molecular formula is C5H11N3O. The van der Waals surface area contributed by atoms with Gasteiger partial charge < -0.3 is 16.3 Å². The number of hydrogen-bond acceptors (Lipinski definition) is 3. The summed E-state index contributed by atoms with van der Waals surface area (Å²) in [4.78, 5) is 0. The average molecular weight is 129 g/mol. The van der Waals surface area contributed by atoms with Gasteiger partial charge in [-0.1, -0.05) is 5.16 Å². The zero-order valence-electron chi connectivity index (χ0n) is 5.39. The van der Waals surface area contributed by atoms with Crippen molar-refractivity contribution in [2.75, 3.05) is 7.05 Å². The van der Waals surface area contributed by atoms with E-state index >= 15 is 0 Å². The Bertz CT molecular complexity index is 139. The van der Waals surface area contributed by atoms with Crippen LogP contribution in [0.4, 0.5) is 0 Å². The van der Waals surface area contributed by atoms with E-state index in [1.807, 2.05) is 7.05 Å². The molecule has 0 aliphatic heterocycles. The average Bonchev–Trinajstić information content (AvgIpc) is 2.66. The van der Waals surface area contributed by atoms with Gasteiger partial charge in [0.25, 0.3) is 0 Å². The second-order valence-electron chi connectivity index (χ2n) is 2.32. The van der Waals surface area contributed by atoms with E-state index in [2.05, 4.69) is 10.5 Å². The number of nitrogens with one attached hydrogen (secondary N) is 1. The van der Waals surface area contributed by atoms with Crippen LogP contribution in [0.15, 0.2) is 5.16 Å². The van der Waals surface area contributed by atoms with Crippen LogP contribution in [-0.2, 0) is 0 Å². The van der Waals surface area contributed by atoms with Crippen LogP contribution in [0.5, 0.6) is 0 Å². The maximum atomic E-state index is 8.26. The number of likely N-dealkylation sites (N-methyl/N-ethyl adjacent to an activating group) is 1. The molecule has 0 atom stereocenters. The van der Waals surface area contributed by atoms with Crippen molar-refractivity contribution in [3.63, 3.8) is 0 Å². The Hall–Kier alpha value is -0.770. The van der Waals surface area contributed by atoms with Gasteiger partial charge in [0.2, 0.25) is 0 Å². The Kier molecular flexibility index (Phi) is 1.32. The van der Waals surface area contributed by atoms with Crippen molar-refractivity contribution >= 4 is 5.84 Å². The summed E-state index contributed by atoms with van der Waals surface area (Å²) >= 11 is 0. The maximum Gasteiger partial charge on any atom is 0.159 e. The third-order valence-corrected chi connectivity index (χ3v) is 1.83. The summed E-state index contributed by atoms with van der Waals surface area (Å²) in [6, 6.07) is 0. The molecule has 0 aromatic carbocycles. The summed E-state index contributed by atoms with van der Waals surface area (Å²) in [6.45, 7) is 0. The highest BCUT2D eigenvalue weighted by Gasteiger charge is 2.45. The lowest BCUT2D eigenvalue weighted by Crippen LogP contribution is -2.41. The highest BCUT2D eigenvalue weighted by Crippen LogP contribution is 2.34. The maximum absolute atomic E-state index is 8.26. The Morgan fingerprint density at radius 3 is 2.44 bits per heavy atom. The molecule has 0 radical (unpaired) electrons. The fourth-order valence-electron chi connectivity index (χ4n) is 0.855. The minimum Gasteiger partial charge on any atom is -0.409 e. The SMILES string of the molecule is CNC1(/C(N)=N/O)CC1. The first-order valence-corrected chi connectivity index (χ1v) is 2.92. The van der Waals surface area contributed by atoms with Gasteiger partial charge in [-0.2, -0.15) is 0 Å². The van der Waals surface area contributed by atoms with Gasteiger partial charge in [-0.25, -0.2) is 0 Å². The van der Waals surface area contributed by atoms with Crippen molar-refractivity contribution in [3.8, 4) is 0 Å². The smallest absolute Gasteiger partial charge is 0.159 e. The number of hydrogen-bond donors (Lipinski definition) is 3. The third kappa shape index (κ3) is 0.853. The predicted octanol–water partition coefficient (Wildman–Crippen LogP) is -0.515. The monoisotopic (exact) mass is 129 g/mol. The molecule has 0 saturated heterocycles. The molecule has 0 bridgehead atoms. The molecule has 0 aromatic rings. The molecule has 4 nitrogen and oxygen atoms in total. The van der Waals surface area contributed by atoms with Crippen LogP contribution < -0.4 is 11.1 Å². The van der Waals surface area contributed by atoms with Crippen molar-refractivity contribution in [3.05, 3.63) is 0 Å². The van der Waals surface area contributed by atoms with Crippen LogP contribution in [0.25, 0.3) is 0 Å². The van der Waals surface area contributed by atoms with E-state index in [1.54, 1.807) is 0 Å². The summed E-state index contributed by atoms with van der Waals surface area (Å²) in [5, 5.41) is 14.2. The molecule has 1 fully saturated rings. The fourth-order valence-corrected chi connectivity index (χ4v) is 0.855. The Labute approximate surface area is 53.7 Å². The Balaban J connectivity index is 2.60. The first-order chi connectivity index (χ1) is 4.25. The molecule has 0 heterocycles. The van der Waals surface area contributed by atoms with Gasteiger partial charge in [0.1, 0.15) is 0 Å².